The van der Waals surface area contributed by atoms with Gasteiger partial charge in [0.15, 0.2) is 0 Å². The number of hydrogen-bond acceptors (Lipinski definition) is 4. The Labute approximate surface area is 111 Å². The average Bonchev–Trinajstić information content (AvgIpc) is 2.91. The van der Waals surface area contributed by atoms with E-state index in [1.807, 2.05) is 11.8 Å². The van der Waals surface area contributed by atoms with E-state index in [9.17, 15) is 15.0 Å². The fourth-order valence-corrected chi connectivity index (χ4v) is 3.35. The quantitative estimate of drug-likeness (QED) is 0.658. The number of hydrogen-bond donors (Lipinski definition) is 3. The number of carbonyl (C=O) groups is 1. The molecular weight excluding hydrogens is 244 g/mol. The van der Waals surface area contributed by atoms with Gasteiger partial charge in [0.25, 0.3) is 5.91 Å². The lowest BCUT2D eigenvalue weighted by Crippen LogP contribution is -2.42. The minimum absolute atomic E-state index is 0.00547. The fraction of sp³-hybridized carbons (Fsp3) is 0.500. The monoisotopic (exact) mass is 262 g/mol. The highest BCUT2D eigenvalue weighted by atomic mass is 16.3. The van der Waals surface area contributed by atoms with Crippen molar-refractivity contribution >= 4 is 5.91 Å². The molecule has 3 atom stereocenters. The molecule has 102 valence electrons. The Hall–Kier alpha value is -1.75. The van der Waals surface area contributed by atoms with Gasteiger partial charge in [-0.05, 0) is 37.5 Å². The lowest BCUT2D eigenvalue weighted by Gasteiger charge is -2.28. The van der Waals surface area contributed by atoms with Crippen molar-refractivity contribution in [3.63, 3.8) is 0 Å². The van der Waals surface area contributed by atoms with Gasteiger partial charge in [-0.1, -0.05) is 0 Å². The Morgan fingerprint density at radius 2 is 2.16 bits per heavy atom. The summed E-state index contributed by atoms with van der Waals surface area (Å²) in [5, 5.41) is 22.6. The van der Waals surface area contributed by atoms with E-state index >= 15 is 0 Å². The van der Waals surface area contributed by atoms with Crippen molar-refractivity contribution in [2.45, 2.75) is 25.4 Å². The second-order valence-electron chi connectivity index (χ2n) is 5.48. The number of nitrogens with one attached hydrogen (secondary N) is 1. The van der Waals surface area contributed by atoms with E-state index in [4.69, 9.17) is 0 Å². The second kappa shape index (κ2) is 4.42. The Morgan fingerprint density at radius 3 is 2.95 bits per heavy atom. The van der Waals surface area contributed by atoms with Gasteiger partial charge in [-0.15, -0.1) is 0 Å². The Bertz CT molecular complexity index is 517. The summed E-state index contributed by atoms with van der Waals surface area (Å²) in [6.07, 6.45) is 0.989. The lowest BCUT2D eigenvalue weighted by molar-refractivity contribution is 0.0678. The number of aromatic hydroxyl groups is 2. The molecule has 2 fully saturated rings. The molecule has 2 saturated heterocycles. The predicted octanol–water partition coefficient (Wildman–Crippen LogP) is 0.920. The molecular formula is C14H18N2O3. The van der Waals surface area contributed by atoms with Crippen molar-refractivity contribution in [3.05, 3.63) is 23.8 Å². The van der Waals surface area contributed by atoms with Crippen molar-refractivity contribution in [3.8, 4) is 11.5 Å². The maximum absolute atomic E-state index is 12.6. The summed E-state index contributed by atoms with van der Waals surface area (Å²) >= 11 is 0. The number of carbonyl (C=O) groups excluding carboxylic acids is 1. The number of rotatable bonds is 1. The second-order valence-corrected chi connectivity index (χ2v) is 5.48. The number of phenols is 2. The highest BCUT2D eigenvalue weighted by molar-refractivity contribution is 5.97. The van der Waals surface area contributed by atoms with Crippen LogP contribution in [0.15, 0.2) is 18.2 Å². The minimum Gasteiger partial charge on any atom is -0.508 e. The molecule has 3 N–H and O–H groups in total. The first kappa shape index (κ1) is 12.3. The number of likely N-dealkylation sites (tertiary alicyclic amines) is 1. The van der Waals surface area contributed by atoms with E-state index in [2.05, 4.69) is 5.32 Å². The molecule has 0 aliphatic carbocycles. The molecule has 5 heteroatoms. The van der Waals surface area contributed by atoms with Gasteiger partial charge in [-0.25, -0.2) is 0 Å². The van der Waals surface area contributed by atoms with Gasteiger partial charge in [-0.2, -0.15) is 0 Å². The number of benzene rings is 1. The first-order valence-electron chi connectivity index (χ1n) is 6.63. The zero-order valence-corrected chi connectivity index (χ0v) is 10.8. The molecule has 0 spiro atoms. The zero-order chi connectivity index (χ0) is 13.6. The third-order valence-electron chi connectivity index (χ3n) is 4.23. The van der Waals surface area contributed by atoms with E-state index in [1.54, 1.807) is 0 Å². The molecule has 0 bridgehead atoms. The van der Waals surface area contributed by atoms with Gasteiger partial charge in [0, 0.05) is 25.2 Å². The highest BCUT2D eigenvalue weighted by Gasteiger charge is 2.44. The molecule has 0 saturated carbocycles. The van der Waals surface area contributed by atoms with Gasteiger partial charge >= 0.3 is 0 Å². The molecule has 2 aliphatic heterocycles. The van der Waals surface area contributed by atoms with Crippen LogP contribution in [0.3, 0.4) is 0 Å². The molecule has 2 aliphatic rings. The molecule has 1 amide bonds. The van der Waals surface area contributed by atoms with E-state index in [0.717, 1.165) is 19.5 Å². The van der Waals surface area contributed by atoms with E-state index < -0.39 is 0 Å². The van der Waals surface area contributed by atoms with Crippen LogP contribution in [0.25, 0.3) is 0 Å². The predicted molar refractivity (Wildman–Crippen MR) is 70.2 cm³/mol. The van der Waals surface area contributed by atoms with Crippen molar-refractivity contribution in [1.82, 2.24) is 10.2 Å². The van der Waals surface area contributed by atoms with Crippen LogP contribution in [0.4, 0.5) is 0 Å². The average molecular weight is 262 g/mol. The van der Waals surface area contributed by atoms with Gasteiger partial charge in [0.05, 0.1) is 5.56 Å². The first-order valence-corrected chi connectivity index (χ1v) is 6.63. The maximum Gasteiger partial charge on any atom is 0.258 e. The Kier molecular flexibility index (Phi) is 2.86. The zero-order valence-electron chi connectivity index (χ0n) is 10.8. The van der Waals surface area contributed by atoms with Crippen molar-refractivity contribution in [2.24, 2.45) is 5.92 Å². The topological polar surface area (TPSA) is 72.8 Å². The van der Waals surface area contributed by atoms with Gasteiger partial charge in [0.2, 0.25) is 0 Å². The number of nitrogens with zero attached hydrogens (tertiary/aromatic N) is 1. The fourth-order valence-electron chi connectivity index (χ4n) is 3.35. The molecule has 0 radical (unpaired) electrons. The molecule has 3 rings (SSSR count). The number of amides is 1. The smallest absolute Gasteiger partial charge is 0.258 e. The molecule has 2 heterocycles. The summed E-state index contributed by atoms with van der Waals surface area (Å²) in [5.74, 6) is 0.217. The largest absolute Gasteiger partial charge is 0.508 e. The number of phenolic OH excluding ortho intramolecular Hbond substituents is 2. The Balaban J connectivity index is 1.93. The third-order valence-corrected chi connectivity index (χ3v) is 4.23. The normalized spacial score (nSPS) is 29.5. The van der Waals surface area contributed by atoms with Crippen LogP contribution in [-0.2, 0) is 0 Å². The highest BCUT2D eigenvalue weighted by Crippen LogP contribution is 2.35. The molecule has 1 aromatic rings. The minimum atomic E-state index is -0.197. The van der Waals surface area contributed by atoms with Gasteiger partial charge < -0.3 is 20.4 Å². The van der Waals surface area contributed by atoms with Crippen LogP contribution in [-0.4, -0.2) is 46.2 Å². The SMILES string of the molecule is CC1CC2CNCC2N1C(=O)c1cc(O)ccc1O. The van der Waals surface area contributed by atoms with Crippen LogP contribution < -0.4 is 5.32 Å². The third kappa shape index (κ3) is 1.94. The maximum atomic E-state index is 12.6. The molecule has 0 aromatic heterocycles. The molecule has 19 heavy (non-hydrogen) atoms. The van der Waals surface area contributed by atoms with Gasteiger partial charge in [-0.3, -0.25) is 4.79 Å². The van der Waals surface area contributed by atoms with Crippen molar-refractivity contribution in [1.29, 1.82) is 0 Å². The van der Waals surface area contributed by atoms with E-state index in [0.29, 0.717) is 5.92 Å². The Morgan fingerprint density at radius 1 is 1.37 bits per heavy atom. The summed E-state index contributed by atoms with van der Waals surface area (Å²) in [6.45, 7) is 3.79. The van der Waals surface area contributed by atoms with Gasteiger partial charge in [0.1, 0.15) is 11.5 Å². The summed E-state index contributed by atoms with van der Waals surface area (Å²) in [5.41, 5.74) is 0.180. The standard InChI is InChI=1S/C14H18N2O3/c1-8-4-9-6-15-7-12(9)16(8)14(19)11-5-10(17)2-3-13(11)18/h2-3,5,8-9,12,15,17-18H,4,6-7H2,1H3. The summed E-state index contributed by atoms with van der Waals surface area (Å²) in [7, 11) is 0. The summed E-state index contributed by atoms with van der Waals surface area (Å²) < 4.78 is 0. The summed E-state index contributed by atoms with van der Waals surface area (Å²) in [4.78, 5) is 14.4. The molecule has 1 aromatic carbocycles. The van der Waals surface area contributed by atoms with Crippen LogP contribution in [0.1, 0.15) is 23.7 Å². The molecule has 3 unspecified atom stereocenters. The first-order chi connectivity index (χ1) is 9.08. The van der Waals surface area contributed by atoms with Crippen LogP contribution in [0, 0.1) is 5.92 Å². The van der Waals surface area contributed by atoms with Crippen LogP contribution in [0.2, 0.25) is 0 Å². The van der Waals surface area contributed by atoms with E-state index in [1.165, 1.54) is 18.2 Å². The van der Waals surface area contributed by atoms with E-state index in [-0.39, 0.29) is 35.1 Å². The van der Waals surface area contributed by atoms with Crippen molar-refractivity contribution in [2.75, 3.05) is 13.1 Å². The van der Waals surface area contributed by atoms with Crippen LogP contribution >= 0.6 is 0 Å². The summed E-state index contributed by atoms with van der Waals surface area (Å²) in [6, 6.07) is 4.43. The van der Waals surface area contributed by atoms with Crippen molar-refractivity contribution < 1.29 is 15.0 Å². The number of fused-ring (bicyclic) bond motifs is 1. The lowest BCUT2D eigenvalue weighted by atomic mass is 10.0. The molecule has 5 nitrogen and oxygen atoms in total. The van der Waals surface area contributed by atoms with Crippen LogP contribution in [0.5, 0.6) is 11.5 Å².